The number of aliphatic hydroxyl groups excluding tert-OH is 1. The van der Waals surface area contributed by atoms with Gasteiger partial charge in [-0.25, -0.2) is 8.42 Å². The molecule has 2 atom stereocenters. The predicted octanol–water partition coefficient (Wildman–Crippen LogP) is 4.47. The normalized spacial score (nSPS) is 19.4. The van der Waals surface area contributed by atoms with Crippen molar-refractivity contribution in [3.05, 3.63) is 42.5 Å². The van der Waals surface area contributed by atoms with Gasteiger partial charge >= 0.3 is 0 Å². The van der Waals surface area contributed by atoms with Crippen molar-refractivity contribution in [2.45, 2.75) is 62.9 Å². The third-order valence-electron chi connectivity index (χ3n) is 4.90. The van der Waals surface area contributed by atoms with Crippen molar-refractivity contribution >= 4 is 31.8 Å². The molecule has 2 unspecified atom stereocenters. The minimum atomic E-state index is -3.97. The van der Waals surface area contributed by atoms with E-state index in [0.29, 0.717) is 6.42 Å². The molecule has 0 aromatic heterocycles. The number of aliphatic hydroxyl groups is 1. The molecule has 3 rings (SSSR count). The summed E-state index contributed by atoms with van der Waals surface area (Å²) in [6, 6.07) is 15.1. The lowest BCUT2D eigenvalue weighted by atomic mass is 10.1. The first-order valence-electron chi connectivity index (χ1n) is 10.2. The Labute approximate surface area is 172 Å². The van der Waals surface area contributed by atoms with Gasteiger partial charge < -0.3 is 9.66 Å². The number of unbranched alkanes of at least 4 members (excludes halogenated alkanes) is 5. The maximum atomic E-state index is 10.2. The van der Waals surface area contributed by atoms with Gasteiger partial charge in [0.25, 0.3) is 0 Å². The van der Waals surface area contributed by atoms with Gasteiger partial charge in [0.2, 0.25) is 0 Å². The van der Waals surface area contributed by atoms with E-state index in [1.807, 2.05) is 0 Å². The highest BCUT2D eigenvalue weighted by Crippen LogP contribution is 2.29. The number of hydrogen-bond donors (Lipinski definition) is 1. The summed E-state index contributed by atoms with van der Waals surface area (Å²) in [5.74, 6) is 1.91. The van der Waals surface area contributed by atoms with E-state index in [9.17, 15) is 18.1 Å². The summed E-state index contributed by atoms with van der Waals surface area (Å²) >= 11 is 0. The number of hydrogen-bond acceptors (Lipinski definition) is 4. The molecule has 2 aromatic carbocycles. The highest BCUT2D eigenvalue weighted by molar-refractivity contribution is 7.97. The monoisotopic (exact) mass is 424 g/mol. The summed E-state index contributed by atoms with van der Waals surface area (Å²) in [5, 5.41) is 12.3. The molecule has 2 aromatic rings. The minimum Gasteiger partial charge on any atom is -0.748 e. The molecule has 1 aliphatic rings. The lowest BCUT2D eigenvalue weighted by Gasteiger charge is -2.05. The zero-order valence-electron chi connectivity index (χ0n) is 16.7. The van der Waals surface area contributed by atoms with Gasteiger partial charge in [0.15, 0.2) is 4.90 Å². The highest BCUT2D eigenvalue weighted by Gasteiger charge is 2.34. The molecule has 1 fully saturated rings. The Bertz CT molecular complexity index is 815. The summed E-state index contributed by atoms with van der Waals surface area (Å²) < 4.78 is 30.5. The fourth-order valence-corrected chi connectivity index (χ4v) is 6.46. The SMILES string of the molecule is CCCCCCCCS(=O)(=O)[O-].OC1CC[S+](c2cccc3ccccc23)C1. The van der Waals surface area contributed by atoms with Crippen LogP contribution in [0.4, 0.5) is 0 Å². The van der Waals surface area contributed by atoms with E-state index < -0.39 is 10.1 Å². The molecule has 0 saturated carbocycles. The lowest BCUT2D eigenvalue weighted by Crippen LogP contribution is -2.10. The number of rotatable bonds is 8. The Morgan fingerprint density at radius 2 is 1.71 bits per heavy atom. The molecule has 0 aliphatic carbocycles. The van der Waals surface area contributed by atoms with Crippen LogP contribution in [0.25, 0.3) is 10.8 Å². The van der Waals surface area contributed by atoms with E-state index in [0.717, 1.165) is 37.2 Å². The van der Waals surface area contributed by atoms with E-state index >= 15 is 0 Å². The second kappa shape index (κ2) is 11.8. The van der Waals surface area contributed by atoms with Crippen molar-refractivity contribution < 1.29 is 18.1 Å². The molecule has 0 amide bonds. The first kappa shape index (κ1) is 23.2. The van der Waals surface area contributed by atoms with Crippen LogP contribution in [0.3, 0.4) is 0 Å². The van der Waals surface area contributed by atoms with Gasteiger partial charge in [-0.2, -0.15) is 0 Å². The van der Waals surface area contributed by atoms with Crippen LogP contribution >= 0.6 is 0 Å². The predicted molar refractivity (Wildman–Crippen MR) is 118 cm³/mol. The number of fused-ring (bicyclic) bond motifs is 1. The molecular formula is C22H32O4S2. The summed E-state index contributed by atoms with van der Waals surface area (Å²) in [6.07, 6.45) is 6.84. The summed E-state index contributed by atoms with van der Waals surface area (Å²) in [7, 11) is -3.71. The van der Waals surface area contributed by atoms with Crippen LogP contribution in [0.2, 0.25) is 0 Å². The maximum absolute atomic E-state index is 10.2. The van der Waals surface area contributed by atoms with Crippen LogP contribution < -0.4 is 0 Å². The molecule has 1 heterocycles. The van der Waals surface area contributed by atoms with E-state index in [1.165, 1.54) is 28.5 Å². The Morgan fingerprint density at radius 1 is 1.04 bits per heavy atom. The largest absolute Gasteiger partial charge is 0.748 e. The van der Waals surface area contributed by atoms with Crippen LogP contribution in [-0.2, 0) is 21.0 Å². The van der Waals surface area contributed by atoms with Crippen molar-refractivity contribution in [3.8, 4) is 0 Å². The van der Waals surface area contributed by atoms with E-state index in [4.69, 9.17) is 0 Å². The van der Waals surface area contributed by atoms with Crippen LogP contribution in [0.5, 0.6) is 0 Å². The Morgan fingerprint density at radius 3 is 2.39 bits per heavy atom. The topological polar surface area (TPSA) is 77.4 Å². The molecule has 1 aliphatic heterocycles. The summed E-state index contributed by atoms with van der Waals surface area (Å²) in [4.78, 5) is 1.44. The zero-order valence-corrected chi connectivity index (χ0v) is 18.3. The summed E-state index contributed by atoms with van der Waals surface area (Å²) in [6.45, 7) is 2.13. The Balaban J connectivity index is 0.000000211. The van der Waals surface area contributed by atoms with Crippen molar-refractivity contribution in [1.29, 1.82) is 0 Å². The number of benzene rings is 2. The molecule has 0 spiro atoms. The van der Waals surface area contributed by atoms with Crippen LogP contribution in [-0.4, -0.2) is 41.4 Å². The van der Waals surface area contributed by atoms with Gasteiger partial charge in [0.05, 0.1) is 10.1 Å². The summed E-state index contributed by atoms with van der Waals surface area (Å²) in [5.41, 5.74) is 0. The van der Waals surface area contributed by atoms with E-state index in [2.05, 4.69) is 49.4 Å². The fourth-order valence-electron chi connectivity index (χ4n) is 3.38. The van der Waals surface area contributed by atoms with Crippen LogP contribution in [0.15, 0.2) is 47.4 Å². The third kappa shape index (κ3) is 8.11. The minimum absolute atomic E-state index is 0.0812. The molecule has 156 valence electrons. The van der Waals surface area contributed by atoms with Gasteiger partial charge in [0.1, 0.15) is 17.6 Å². The first-order valence-corrected chi connectivity index (χ1v) is 13.3. The molecule has 6 heteroatoms. The van der Waals surface area contributed by atoms with Crippen molar-refractivity contribution in [2.75, 3.05) is 17.3 Å². The molecule has 28 heavy (non-hydrogen) atoms. The molecule has 4 nitrogen and oxygen atoms in total. The molecule has 1 saturated heterocycles. The Kier molecular flexibility index (Phi) is 9.79. The average Bonchev–Trinajstić information content (AvgIpc) is 3.10. The molecule has 1 N–H and O–H groups in total. The van der Waals surface area contributed by atoms with E-state index in [-0.39, 0.29) is 22.8 Å². The van der Waals surface area contributed by atoms with Crippen LogP contribution in [0.1, 0.15) is 51.9 Å². The second-order valence-electron chi connectivity index (χ2n) is 7.31. The lowest BCUT2D eigenvalue weighted by molar-refractivity contribution is 0.202. The first-order chi connectivity index (χ1) is 13.4. The van der Waals surface area contributed by atoms with Gasteiger partial charge in [-0.3, -0.25) is 0 Å². The van der Waals surface area contributed by atoms with Crippen molar-refractivity contribution in [2.24, 2.45) is 0 Å². The average molecular weight is 425 g/mol. The fraction of sp³-hybridized carbons (Fsp3) is 0.545. The quantitative estimate of drug-likeness (QED) is 0.385. The van der Waals surface area contributed by atoms with Crippen LogP contribution in [0, 0.1) is 0 Å². The van der Waals surface area contributed by atoms with E-state index in [1.54, 1.807) is 0 Å². The maximum Gasteiger partial charge on any atom is 0.162 e. The van der Waals surface area contributed by atoms with Gasteiger partial charge in [-0.05, 0) is 23.9 Å². The molecule has 0 radical (unpaired) electrons. The Hall–Kier alpha value is -1.08. The second-order valence-corrected chi connectivity index (χ2v) is 11.0. The standard InChI is InChI=1S/C14H15OS.C8H18O3S/c15-12-8-9-16(10-12)14-7-3-5-11-4-1-2-6-13(11)14;1-2-3-4-5-6-7-8-12(9,10)11/h1-7,12,15H,8-10H2;2-8H2,1H3,(H,9,10,11)/q+1;/p-1. The molecule has 0 bridgehead atoms. The van der Waals surface area contributed by atoms with Crippen molar-refractivity contribution in [1.82, 2.24) is 0 Å². The van der Waals surface area contributed by atoms with Gasteiger partial charge in [-0.1, -0.05) is 69.4 Å². The zero-order chi connectivity index (χ0) is 20.4. The highest BCUT2D eigenvalue weighted by atomic mass is 32.2. The van der Waals surface area contributed by atoms with Gasteiger partial charge in [0, 0.05) is 28.5 Å². The van der Waals surface area contributed by atoms with Crippen molar-refractivity contribution in [3.63, 3.8) is 0 Å². The molecular weight excluding hydrogens is 392 g/mol. The third-order valence-corrected chi connectivity index (χ3v) is 8.18. The van der Waals surface area contributed by atoms with Gasteiger partial charge in [-0.15, -0.1) is 0 Å². The smallest absolute Gasteiger partial charge is 0.162 e.